The number of hydrogen-bond donors (Lipinski definition) is 1. The van der Waals surface area contributed by atoms with Crippen LogP contribution in [0.4, 0.5) is 5.69 Å². The first-order valence-electron chi connectivity index (χ1n) is 8.77. The van der Waals surface area contributed by atoms with E-state index in [1.165, 1.54) is 20.3 Å². The van der Waals surface area contributed by atoms with Gasteiger partial charge in [-0.05, 0) is 44.0 Å². The van der Waals surface area contributed by atoms with Crippen LogP contribution < -0.4 is 14.2 Å². The number of benzene rings is 2. The normalized spacial score (nSPS) is 11.1. The van der Waals surface area contributed by atoms with Crippen LogP contribution in [0.15, 0.2) is 41.3 Å². The molecular formula is C20H24ClNO5S. The molecule has 0 bridgehead atoms. The summed E-state index contributed by atoms with van der Waals surface area (Å²) in [6.07, 6.45) is 1.54. The predicted octanol–water partition coefficient (Wildman–Crippen LogP) is 4.40. The van der Waals surface area contributed by atoms with Crippen molar-refractivity contribution in [2.75, 3.05) is 24.8 Å². The number of carbonyl (C=O) groups excluding carboxylic acids is 1. The van der Waals surface area contributed by atoms with Crippen molar-refractivity contribution in [2.45, 2.75) is 31.1 Å². The molecule has 2 aromatic carbocycles. The highest BCUT2D eigenvalue weighted by atomic mass is 35.5. The van der Waals surface area contributed by atoms with Crippen LogP contribution >= 0.6 is 11.6 Å². The van der Waals surface area contributed by atoms with Crippen molar-refractivity contribution in [1.82, 2.24) is 0 Å². The van der Waals surface area contributed by atoms with E-state index in [9.17, 15) is 13.2 Å². The van der Waals surface area contributed by atoms with Gasteiger partial charge >= 0.3 is 0 Å². The highest BCUT2D eigenvalue weighted by molar-refractivity contribution is 7.92. The zero-order valence-corrected chi connectivity index (χ0v) is 17.7. The summed E-state index contributed by atoms with van der Waals surface area (Å²) in [7, 11) is -1.06. The number of alkyl halides is 1. The molecule has 0 aliphatic carbocycles. The third kappa shape index (κ3) is 5.39. The van der Waals surface area contributed by atoms with E-state index in [0.717, 1.165) is 5.56 Å². The van der Waals surface area contributed by atoms with E-state index >= 15 is 0 Å². The molecule has 0 fully saturated rings. The molecule has 2 aromatic rings. The number of Topliss-reactive ketones (excluding diaryl/α,β-unsaturated/α-hetero) is 1. The Bertz CT molecular complexity index is 944. The second kappa shape index (κ2) is 9.80. The van der Waals surface area contributed by atoms with Gasteiger partial charge in [0.15, 0.2) is 5.78 Å². The van der Waals surface area contributed by atoms with Gasteiger partial charge in [-0.1, -0.05) is 11.6 Å². The Hall–Kier alpha value is -2.25. The molecule has 0 saturated heterocycles. The molecular weight excluding hydrogens is 402 g/mol. The number of halogens is 1. The number of aryl methyl sites for hydroxylation is 1. The highest BCUT2D eigenvalue weighted by Crippen LogP contribution is 2.31. The lowest BCUT2D eigenvalue weighted by atomic mass is 10.0. The molecule has 8 heteroatoms. The summed E-state index contributed by atoms with van der Waals surface area (Å²) in [4.78, 5) is 12.6. The number of hydrogen-bond acceptors (Lipinski definition) is 5. The van der Waals surface area contributed by atoms with Gasteiger partial charge in [0.2, 0.25) is 0 Å². The lowest BCUT2D eigenvalue weighted by molar-refractivity contribution is 0.0976. The summed E-state index contributed by atoms with van der Waals surface area (Å²) in [5.41, 5.74) is 1.24. The zero-order valence-electron chi connectivity index (χ0n) is 16.1. The van der Waals surface area contributed by atoms with Crippen LogP contribution in [0.1, 0.15) is 35.2 Å². The molecule has 0 amide bonds. The molecule has 0 radical (unpaired) electrons. The van der Waals surface area contributed by atoms with E-state index in [4.69, 9.17) is 21.1 Å². The van der Waals surface area contributed by atoms with Crippen LogP contribution in [0.5, 0.6) is 11.5 Å². The number of sulfonamides is 1. The lowest BCUT2D eigenvalue weighted by Gasteiger charge is -2.15. The third-order valence-corrected chi connectivity index (χ3v) is 5.86. The summed E-state index contributed by atoms with van der Waals surface area (Å²) < 4.78 is 38.9. The molecule has 0 atom stereocenters. The van der Waals surface area contributed by atoms with Crippen LogP contribution in [0.3, 0.4) is 0 Å². The van der Waals surface area contributed by atoms with Gasteiger partial charge in [0.25, 0.3) is 10.0 Å². The van der Waals surface area contributed by atoms with E-state index in [1.54, 1.807) is 30.3 Å². The number of methoxy groups -OCH3 is 2. The summed E-state index contributed by atoms with van der Waals surface area (Å²) in [6, 6.07) is 9.45. The van der Waals surface area contributed by atoms with Crippen LogP contribution in [-0.4, -0.2) is 34.3 Å². The molecule has 0 heterocycles. The minimum absolute atomic E-state index is 0.0631. The van der Waals surface area contributed by atoms with Gasteiger partial charge in [-0.25, -0.2) is 8.42 Å². The van der Waals surface area contributed by atoms with Crippen molar-refractivity contribution in [2.24, 2.45) is 0 Å². The number of anilines is 1. The monoisotopic (exact) mass is 425 g/mol. The number of nitrogens with one attached hydrogen (secondary N) is 1. The topological polar surface area (TPSA) is 81.7 Å². The maximum Gasteiger partial charge on any atom is 0.262 e. The second-order valence-electron chi connectivity index (χ2n) is 6.24. The summed E-state index contributed by atoms with van der Waals surface area (Å²) >= 11 is 5.66. The van der Waals surface area contributed by atoms with Crippen molar-refractivity contribution in [3.8, 4) is 11.5 Å². The Labute approximate surface area is 170 Å². The molecule has 0 unspecified atom stereocenters. The van der Waals surface area contributed by atoms with Crippen LogP contribution in [-0.2, 0) is 10.0 Å². The fourth-order valence-corrected chi connectivity index (χ4v) is 4.16. The Balaban J connectivity index is 2.39. The van der Waals surface area contributed by atoms with Gasteiger partial charge in [0, 0.05) is 23.9 Å². The number of rotatable bonds is 10. The maximum atomic E-state index is 13.0. The molecule has 28 heavy (non-hydrogen) atoms. The van der Waals surface area contributed by atoms with Crippen LogP contribution in [0.2, 0.25) is 0 Å². The van der Waals surface area contributed by atoms with E-state index < -0.39 is 10.0 Å². The van der Waals surface area contributed by atoms with E-state index in [1.807, 2.05) is 6.92 Å². The summed E-state index contributed by atoms with van der Waals surface area (Å²) in [5, 5.41) is 0. The van der Waals surface area contributed by atoms with E-state index in [0.29, 0.717) is 30.2 Å². The van der Waals surface area contributed by atoms with Crippen LogP contribution in [0, 0.1) is 6.92 Å². The first kappa shape index (κ1) is 22.0. The third-order valence-electron chi connectivity index (χ3n) is 4.17. The Morgan fingerprint density at radius 3 is 2.46 bits per heavy atom. The number of ether oxygens (including phenoxy) is 2. The predicted molar refractivity (Wildman–Crippen MR) is 110 cm³/mol. The maximum absolute atomic E-state index is 13.0. The molecule has 0 aliphatic heterocycles. The minimum Gasteiger partial charge on any atom is -0.497 e. The van der Waals surface area contributed by atoms with E-state index in [2.05, 4.69) is 4.72 Å². The zero-order chi connectivity index (χ0) is 20.7. The summed E-state index contributed by atoms with van der Waals surface area (Å²) in [5.74, 6) is 1.08. The average molecular weight is 426 g/mol. The molecule has 0 saturated carbocycles. The SMILES string of the molecule is COc1ccc(NS(=O)(=O)c2ccc(C)cc2C(=O)CCCCCl)c(OC)c1. The molecule has 6 nitrogen and oxygen atoms in total. The Morgan fingerprint density at radius 1 is 1.07 bits per heavy atom. The summed E-state index contributed by atoms with van der Waals surface area (Å²) in [6.45, 7) is 1.81. The van der Waals surface area contributed by atoms with Crippen molar-refractivity contribution in [3.05, 3.63) is 47.5 Å². The van der Waals surface area contributed by atoms with Gasteiger partial charge in [-0.15, -0.1) is 11.6 Å². The Kier molecular flexibility index (Phi) is 7.71. The second-order valence-corrected chi connectivity index (χ2v) is 8.27. The fraction of sp³-hybridized carbons (Fsp3) is 0.350. The number of ketones is 1. The van der Waals surface area contributed by atoms with Crippen molar-refractivity contribution >= 4 is 33.1 Å². The number of carbonyl (C=O) groups is 1. The highest BCUT2D eigenvalue weighted by Gasteiger charge is 2.24. The van der Waals surface area contributed by atoms with Crippen molar-refractivity contribution in [3.63, 3.8) is 0 Å². The smallest absolute Gasteiger partial charge is 0.262 e. The van der Waals surface area contributed by atoms with Crippen molar-refractivity contribution < 1.29 is 22.7 Å². The molecule has 0 aromatic heterocycles. The van der Waals surface area contributed by atoms with Gasteiger partial charge in [-0.2, -0.15) is 0 Å². The molecule has 0 spiro atoms. The van der Waals surface area contributed by atoms with E-state index in [-0.39, 0.29) is 28.4 Å². The number of unbranched alkanes of at least 4 members (excludes halogenated alkanes) is 1. The quantitative estimate of drug-likeness (QED) is 0.346. The van der Waals surface area contributed by atoms with Gasteiger partial charge in [0.05, 0.1) is 24.8 Å². The lowest BCUT2D eigenvalue weighted by Crippen LogP contribution is -2.17. The largest absolute Gasteiger partial charge is 0.497 e. The van der Waals surface area contributed by atoms with Gasteiger partial charge < -0.3 is 9.47 Å². The van der Waals surface area contributed by atoms with Crippen molar-refractivity contribution in [1.29, 1.82) is 0 Å². The molecule has 152 valence electrons. The standard InChI is InChI=1S/C20H24ClNO5S/c1-14-7-10-20(16(12-14)18(23)6-4-5-11-21)28(24,25)22-17-9-8-15(26-2)13-19(17)27-3/h7-10,12-13,22H,4-6,11H2,1-3H3. The molecule has 2 rings (SSSR count). The average Bonchev–Trinajstić information content (AvgIpc) is 2.67. The Morgan fingerprint density at radius 2 is 1.82 bits per heavy atom. The fourth-order valence-electron chi connectivity index (χ4n) is 2.69. The first-order chi connectivity index (χ1) is 13.3. The molecule has 1 N–H and O–H groups in total. The van der Waals surface area contributed by atoms with Crippen LogP contribution in [0.25, 0.3) is 0 Å². The first-order valence-corrected chi connectivity index (χ1v) is 10.8. The minimum atomic E-state index is -4.01. The van der Waals surface area contributed by atoms with Gasteiger partial charge in [-0.3, -0.25) is 9.52 Å². The molecule has 0 aliphatic rings. The van der Waals surface area contributed by atoms with Gasteiger partial charge in [0.1, 0.15) is 11.5 Å².